The Labute approximate surface area is 184 Å². The number of aromatic nitrogens is 2. The molecule has 0 aliphatic carbocycles. The number of thiocarbonyl (C=S) groups is 1. The molecule has 2 N–H and O–H groups in total. The van der Waals surface area contributed by atoms with Gasteiger partial charge in [-0.15, -0.1) is 0 Å². The smallest absolute Gasteiger partial charge is 0.170 e. The van der Waals surface area contributed by atoms with E-state index in [4.69, 9.17) is 12.2 Å². The topological polar surface area (TPSA) is 53.3 Å². The second-order valence-electron chi connectivity index (χ2n) is 7.19. The maximum Gasteiger partial charge on any atom is 0.170 e. The van der Waals surface area contributed by atoms with Gasteiger partial charge in [-0.1, -0.05) is 28.1 Å². The van der Waals surface area contributed by atoms with Crippen molar-refractivity contribution in [1.29, 1.82) is 0 Å². The second-order valence-corrected chi connectivity index (χ2v) is 8.49. The van der Waals surface area contributed by atoms with E-state index in [0.29, 0.717) is 11.7 Å². The van der Waals surface area contributed by atoms with Gasteiger partial charge in [0.15, 0.2) is 5.11 Å². The normalized spacial score (nSPS) is 18.9. The standard InChI is InChI=1S/C22H23BrN4OS/c1-14-12-18(15(2)27(14)17-7-5-6-16(23)13-17)21-20(19-8-3-4-9-24-19)25-22(29)26(21)10-11-28/h3-9,12-13,20-21,28H,10-11H2,1-2H3,(H,25,29)/t20-,21-/m1/s1. The van der Waals surface area contributed by atoms with Crippen LogP contribution in [-0.4, -0.2) is 37.8 Å². The van der Waals surface area contributed by atoms with E-state index in [1.165, 1.54) is 5.56 Å². The van der Waals surface area contributed by atoms with Gasteiger partial charge >= 0.3 is 0 Å². The number of hydrogen-bond acceptors (Lipinski definition) is 3. The number of aliphatic hydroxyl groups excluding tert-OH is 1. The summed E-state index contributed by atoms with van der Waals surface area (Å²) in [5.41, 5.74) is 5.53. The number of benzene rings is 1. The number of pyridine rings is 1. The van der Waals surface area contributed by atoms with Crippen LogP contribution in [0.4, 0.5) is 0 Å². The van der Waals surface area contributed by atoms with Crippen LogP contribution >= 0.6 is 28.1 Å². The molecule has 1 aliphatic heterocycles. The van der Waals surface area contributed by atoms with Crippen molar-refractivity contribution in [2.75, 3.05) is 13.2 Å². The van der Waals surface area contributed by atoms with Gasteiger partial charge in [-0.2, -0.15) is 0 Å². The number of halogens is 1. The predicted octanol–water partition coefficient (Wildman–Crippen LogP) is 4.22. The summed E-state index contributed by atoms with van der Waals surface area (Å²) in [5, 5.41) is 13.7. The number of nitrogens with one attached hydrogen (secondary N) is 1. The van der Waals surface area contributed by atoms with E-state index in [1.807, 2.05) is 30.3 Å². The van der Waals surface area contributed by atoms with E-state index >= 15 is 0 Å². The Morgan fingerprint density at radius 2 is 2.00 bits per heavy atom. The molecule has 0 unspecified atom stereocenters. The van der Waals surface area contributed by atoms with E-state index in [1.54, 1.807) is 6.20 Å². The lowest BCUT2D eigenvalue weighted by Gasteiger charge is -2.27. The molecule has 0 amide bonds. The van der Waals surface area contributed by atoms with Crippen LogP contribution in [0.1, 0.15) is 34.7 Å². The first-order valence-corrected chi connectivity index (χ1v) is 10.7. The highest BCUT2D eigenvalue weighted by atomic mass is 79.9. The zero-order valence-electron chi connectivity index (χ0n) is 16.3. The predicted molar refractivity (Wildman–Crippen MR) is 122 cm³/mol. The number of β-amino-alcohol motifs (C(OH)–C–C–N with tert-alkyl or cyclic N) is 1. The van der Waals surface area contributed by atoms with Crippen LogP contribution in [0.2, 0.25) is 0 Å². The van der Waals surface area contributed by atoms with Crippen LogP contribution < -0.4 is 5.32 Å². The minimum atomic E-state index is -0.0771. The summed E-state index contributed by atoms with van der Waals surface area (Å²) < 4.78 is 3.30. The van der Waals surface area contributed by atoms with Gasteiger partial charge in [0, 0.05) is 34.3 Å². The molecular formula is C22H23BrN4OS. The van der Waals surface area contributed by atoms with Crippen molar-refractivity contribution in [3.8, 4) is 5.69 Å². The second kappa shape index (κ2) is 8.26. The lowest BCUT2D eigenvalue weighted by Crippen LogP contribution is -2.32. The molecule has 2 atom stereocenters. The summed E-state index contributed by atoms with van der Waals surface area (Å²) in [6, 6.07) is 16.3. The largest absolute Gasteiger partial charge is 0.395 e. The molecule has 29 heavy (non-hydrogen) atoms. The lowest BCUT2D eigenvalue weighted by atomic mass is 9.97. The molecule has 0 spiro atoms. The maximum atomic E-state index is 9.65. The molecule has 3 heterocycles. The molecule has 4 rings (SSSR count). The van der Waals surface area contributed by atoms with Crippen LogP contribution in [0, 0.1) is 13.8 Å². The third-order valence-corrected chi connectivity index (χ3v) is 6.24. The van der Waals surface area contributed by atoms with E-state index in [0.717, 1.165) is 27.2 Å². The Morgan fingerprint density at radius 3 is 2.69 bits per heavy atom. The van der Waals surface area contributed by atoms with Gasteiger partial charge in [-0.3, -0.25) is 4.98 Å². The number of nitrogens with zero attached hydrogens (tertiary/aromatic N) is 3. The van der Waals surface area contributed by atoms with Crippen LogP contribution in [-0.2, 0) is 0 Å². The summed E-state index contributed by atoms with van der Waals surface area (Å²) >= 11 is 9.19. The third kappa shape index (κ3) is 3.70. The number of hydrogen-bond donors (Lipinski definition) is 2. The molecule has 7 heteroatoms. The third-order valence-electron chi connectivity index (χ3n) is 5.39. The van der Waals surface area contributed by atoms with Gasteiger partial charge in [0.05, 0.1) is 24.4 Å². The van der Waals surface area contributed by atoms with Crippen molar-refractivity contribution in [2.45, 2.75) is 25.9 Å². The van der Waals surface area contributed by atoms with Gasteiger partial charge < -0.3 is 19.9 Å². The molecule has 1 aromatic carbocycles. The van der Waals surface area contributed by atoms with Crippen molar-refractivity contribution in [1.82, 2.24) is 19.8 Å². The molecule has 2 aromatic heterocycles. The Bertz CT molecular complexity index is 1040. The molecule has 0 radical (unpaired) electrons. The molecular weight excluding hydrogens is 448 g/mol. The van der Waals surface area contributed by atoms with E-state index in [9.17, 15) is 5.11 Å². The van der Waals surface area contributed by atoms with E-state index in [2.05, 4.69) is 67.7 Å². The lowest BCUT2D eigenvalue weighted by molar-refractivity contribution is 0.223. The molecule has 150 valence electrons. The van der Waals surface area contributed by atoms with Crippen molar-refractivity contribution in [3.05, 3.63) is 81.8 Å². The fourth-order valence-electron chi connectivity index (χ4n) is 4.19. The van der Waals surface area contributed by atoms with Crippen molar-refractivity contribution < 1.29 is 5.11 Å². The van der Waals surface area contributed by atoms with Crippen molar-refractivity contribution >= 4 is 33.3 Å². The average Bonchev–Trinajstić information content (AvgIpc) is 3.18. The zero-order chi connectivity index (χ0) is 20.5. The van der Waals surface area contributed by atoms with Crippen molar-refractivity contribution in [2.24, 2.45) is 0 Å². The van der Waals surface area contributed by atoms with Gasteiger partial charge in [-0.25, -0.2) is 0 Å². The monoisotopic (exact) mass is 470 g/mol. The fourth-order valence-corrected chi connectivity index (χ4v) is 4.91. The van der Waals surface area contributed by atoms with Crippen LogP contribution in [0.3, 0.4) is 0 Å². The summed E-state index contributed by atoms with van der Waals surface area (Å²) in [6.45, 7) is 4.76. The summed E-state index contributed by atoms with van der Waals surface area (Å²) in [5.74, 6) is 0. The highest BCUT2D eigenvalue weighted by Crippen LogP contribution is 2.41. The first-order valence-electron chi connectivity index (χ1n) is 9.55. The van der Waals surface area contributed by atoms with E-state index in [-0.39, 0.29) is 18.7 Å². The number of aryl methyl sites for hydroxylation is 1. The molecule has 1 fully saturated rings. The van der Waals surface area contributed by atoms with Gasteiger partial charge in [0.1, 0.15) is 0 Å². The van der Waals surface area contributed by atoms with Crippen LogP contribution in [0.15, 0.2) is 59.2 Å². The molecule has 0 saturated carbocycles. The molecule has 5 nitrogen and oxygen atoms in total. The SMILES string of the molecule is Cc1cc([C@@H]2[C@@H](c3ccccn3)NC(=S)N2CCO)c(C)n1-c1cccc(Br)c1. The van der Waals surface area contributed by atoms with Crippen LogP contribution in [0.25, 0.3) is 5.69 Å². The molecule has 0 bridgehead atoms. The van der Waals surface area contributed by atoms with Crippen LogP contribution in [0.5, 0.6) is 0 Å². The Kier molecular flexibility index (Phi) is 5.72. The Balaban J connectivity index is 1.84. The van der Waals surface area contributed by atoms with E-state index < -0.39 is 0 Å². The van der Waals surface area contributed by atoms with Gasteiger partial charge in [0.25, 0.3) is 0 Å². The van der Waals surface area contributed by atoms with Crippen molar-refractivity contribution in [3.63, 3.8) is 0 Å². The number of aliphatic hydroxyl groups is 1. The Morgan fingerprint density at radius 1 is 1.17 bits per heavy atom. The number of rotatable bonds is 5. The first-order chi connectivity index (χ1) is 14.0. The quantitative estimate of drug-likeness (QED) is 0.546. The minimum absolute atomic E-state index is 0.0393. The van der Waals surface area contributed by atoms with Gasteiger partial charge in [-0.05, 0) is 68.0 Å². The highest BCUT2D eigenvalue weighted by Gasteiger charge is 2.41. The summed E-state index contributed by atoms with van der Waals surface area (Å²) in [4.78, 5) is 6.64. The zero-order valence-corrected chi connectivity index (χ0v) is 18.7. The fraction of sp³-hybridized carbons (Fsp3) is 0.273. The first kappa shape index (κ1) is 20.1. The summed E-state index contributed by atoms with van der Waals surface area (Å²) in [7, 11) is 0. The minimum Gasteiger partial charge on any atom is -0.395 e. The molecule has 3 aromatic rings. The van der Waals surface area contributed by atoms with Gasteiger partial charge in [0.2, 0.25) is 0 Å². The Hall–Kier alpha value is -2.22. The summed E-state index contributed by atoms with van der Waals surface area (Å²) in [6.07, 6.45) is 1.80. The average molecular weight is 471 g/mol. The highest BCUT2D eigenvalue weighted by molar-refractivity contribution is 9.10. The maximum absolute atomic E-state index is 9.65. The molecule has 1 aliphatic rings. The molecule has 1 saturated heterocycles.